The molecule has 1 aliphatic carbocycles. The monoisotopic (exact) mass is 198 g/mol. The fourth-order valence-electron chi connectivity index (χ4n) is 2.01. The molecule has 1 amide bonds. The Morgan fingerprint density at radius 3 is 2.64 bits per heavy atom. The van der Waals surface area contributed by atoms with Crippen LogP contribution in [0.4, 0.5) is 0 Å². The molecule has 1 fully saturated rings. The Kier molecular flexibility index (Phi) is 4.39. The predicted molar refractivity (Wildman–Crippen MR) is 58.1 cm³/mol. The van der Waals surface area contributed by atoms with Gasteiger partial charge in [0, 0.05) is 18.5 Å². The van der Waals surface area contributed by atoms with E-state index in [1.807, 2.05) is 6.92 Å². The Morgan fingerprint density at radius 2 is 2.14 bits per heavy atom. The molecule has 0 aromatic carbocycles. The van der Waals surface area contributed by atoms with Crippen LogP contribution in [0.1, 0.15) is 40.0 Å². The van der Waals surface area contributed by atoms with Gasteiger partial charge in [0.1, 0.15) is 0 Å². The van der Waals surface area contributed by atoms with Gasteiger partial charge < -0.3 is 10.6 Å². The summed E-state index contributed by atoms with van der Waals surface area (Å²) in [6, 6.07) is 0.740. The number of rotatable bonds is 5. The van der Waals surface area contributed by atoms with E-state index in [0.29, 0.717) is 12.5 Å². The summed E-state index contributed by atoms with van der Waals surface area (Å²) >= 11 is 0. The number of carbonyl (C=O) groups excluding carboxylic acids is 1. The third-order valence-electron chi connectivity index (χ3n) is 2.78. The first-order chi connectivity index (χ1) is 6.61. The molecule has 14 heavy (non-hydrogen) atoms. The highest BCUT2D eigenvalue weighted by Gasteiger charge is 2.26. The van der Waals surface area contributed by atoms with Crippen molar-refractivity contribution in [3.63, 3.8) is 0 Å². The fraction of sp³-hybridized carbons (Fsp3) is 0.909. The van der Waals surface area contributed by atoms with Crippen LogP contribution in [0.3, 0.4) is 0 Å². The van der Waals surface area contributed by atoms with Crippen LogP contribution in [-0.2, 0) is 4.79 Å². The minimum atomic E-state index is 0.190. The summed E-state index contributed by atoms with van der Waals surface area (Å²) in [6.45, 7) is 7.26. The molecular weight excluding hydrogens is 176 g/mol. The van der Waals surface area contributed by atoms with Gasteiger partial charge >= 0.3 is 0 Å². The smallest absolute Gasteiger partial charge is 0.221 e. The van der Waals surface area contributed by atoms with Gasteiger partial charge in [0.15, 0.2) is 0 Å². The topological polar surface area (TPSA) is 41.1 Å². The van der Waals surface area contributed by atoms with Gasteiger partial charge in [0.05, 0.1) is 0 Å². The zero-order valence-electron chi connectivity index (χ0n) is 9.47. The number of hydrogen-bond donors (Lipinski definition) is 2. The first-order valence-electron chi connectivity index (χ1n) is 5.64. The molecule has 0 heterocycles. The van der Waals surface area contributed by atoms with Crippen molar-refractivity contribution in [3.05, 3.63) is 0 Å². The maximum Gasteiger partial charge on any atom is 0.221 e. The average Bonchev–Trinajstić information content (AvgIpc) is 2.01. The minimum absolute atomic E-state index is 0.190. The van der Waals surface area contributed by atoms with E-state index in [9.17, 15) is 4.79 Å². The summed E-state index contributed by atoms with van der Waals surface area (Å²) in [5, 5.41) is 6.29. The van der Waals surface area contributed by atoms with E-state index in [4.69, 9.17) is 0 Å². The molecule has 82 valence electrons. The molecule has 0 bridgehead atoms. The summed E-state index contributed by atoms with van der Waals surface area (Å²) < 4.78 is 0. The van der Waals surface area contributed by atoms with Crippen molar-refractivity contribution in [2.24, 2.45) is 5.92 Å². The van der Waals surface area contributed by atoms with Crippen molar-refractivity contribution in [2.45, 2.75) is 52.1 Å². The van der Waals surface area contributed by atoms with Gasteiger partial charge in [0.25, 0.3) is 0 Å². The molecule has 1 aliphatic rings. The molecular formula is C11H22N2O. The van der Waals surface area contributed by atoms with Gasteiger partial charge in [-0.3, -0.25) is 4.79 Å². The normalized spacial score (nSPS) is 27.9. The van der Waals surface area contributed by atoms with E-state index in [1.54, 1.807) is 0 Å². The van der Waals surface area contributed by atoms with Crippen molar-refractivity contribution in [2.75, 3.05) is 6.54 Å². The lowest BCUT2D eigenvalue weighted by atomic mass is 9.82. The molecule has 0 radical (unpaired) electrons. The SMILES string of the molecule is CCNC(C)CC(=O)NC1CC(C)C1. The van der Waals surface area contributed by atoms with Crippen molar-refractivity contribution in [3.8, 4) is 0 Å². The van der Waals surface area contributed by atoms with E-state index in [1.165, 1.54) is 0 Å². The summed E-state index contributed by atoms with van der Waals surface area (Å²) in [6.07, 6.45) is 2.90. The first-order valence-corrected chi connectivity index (χ1v) is 5.64. The van der Waals surface area contributed by atoms with Gasteiger partial charge in [-0.05, 0) is 32.2 Å². The van der Waals surface area contributed by atoms with Gasteiger partial charge in [-0.25, -0.2) is 0 Å². The van der Waals surface area contributed by atoms with Crippen LogP contribution in [0, 0.1) is 5.92 Å². The third-order valence-corrected chi connectivity index (χ3v) is 2.78. The Hall–Kier alpha value is -0.570. The largest absolute Gasteiger partial charge is 0.353 e. The summed E-state index contributed by atoms with van der Waals surface area (Å²) in [5.41, 5.74) is 0. The van der Waals surface area contributed by atoms with Crippen LogP contribution in [0.5, 0.6) is 0 Å². The highest BCUT2D eigenvalue weighted by atomic mass is 16.1. The maximum absolute atomic E-state index is 11.5. The molecule has 0 saturated heterocycles. The van der Waals surface area contributed by atoms with Crippen molar-refractivity contribution < 1.29 is 4.79 Å². The second kappa shape index (κ2) is 5.35. The average molecular weight is 198 g/mol. The first kappa shape index (κ1) is 11.5. The minimum Gasteiger partial charge on any atom is -0.353 e. The van der Waals surface area contributed by atoms with Gasteiger partial charge in [0.2, 0.25) is 5.91 Å². The summed E-state index contributed by atoms with van der Waals surface area (Å²) in [4.78, 5) is 11.5. The van der Waals surface area contributed by atoms with Gasteiger partial charge in [-0.2, -0.15) is 0 Å². The highest BCUT2D eigenvalue weighted by Crippen LogP contribution is 2.26. The van der Waals surface area contributed by atoms with Gasteiger partial charge in [-0.15, -0.1) is 0 Å². The number of hydrogen-bond acceptors (Lipinski definition) is 2. The molecule has 1 unspecified atom stereocenters. The van der Waals surface area contributed by atoms with E-state index in [2.05, 4.69) is 24.5 Å². The summed E-state index contributed by atoms with van der Waals surface area (Å²) in [5.74, 6) is 0.988. The van der Waals surface area contributed by atoms with Crippen molar-refractivity contribution in [1.29, 1.82) is 0 Å². The molecule has 0 aromatic heterocycles. The lowest BCUT2D eigenvalue weighted by Crippen LogP contribution is -2.45. The Labute approximate surface area is 86.6 Å². The van der Waals surface area contributed by atoms with E-state index >= 15 is 0 Å². The van der Waals surface area contributed by atoms with Crippen LogP contribution < -0.4 is 10.6 Å². The van der Waals surface area contributed by atoms with E-state index < -0.39 is 0 Å². The lowest BCUT2D eigenvalue weighted by Gasteiger charge is -2.33. The van der Waals surface area contributed by atoms with Crippen molar-refractivity contribution >= 4 is 5.91 Å². The molecule has 0 aromatic rings. The maximum atomic E-state index is 11.5. The second-order valence-electron chi connectivity index (χ2n) is 4.50. The highest BCUT2D eigenvalue weighted by molar-refractivity contribution is 5.76. The van der Waals surface area contributed by atoms with Crippen LogP contribution in [0.25, 0.3) is 0 Å². The standard InChI is InChI=1S/C11H22N2O/c1-4-12-9(3)7-11(14)13-10-5-8(2)6-10/h8-10,12H,4-7H2,1-3H3,(H,13,14). The van der Waals surface area contributed by atoms with Crippen LogP contribution in [-0.4, -0.2) is 24.5 Å². The second-order valence-corrected chi connectivity index (χ2v) is 4.50. The lowest BCUT2D eigenvalue weighted by molar-refractivity contribution is -0.123. The molecule has 3 nitrogen and oxygen atoms in total. The number of nitrogens with one attached hydrogen (secondary N) is 2. The van der Waals surface area contributed by atoms with Crippen LogP contribution in [0.15, 0.2) is 0 Å². The summed E-state index contributed by atoms with van der Waals surface area (Å²) in [7, 11) is 0. The predicted octanol–water partition coefficient (Wildman–Crippen LogP) is 1.29. The number of amides is 1. The Bertz CT molecular complexity index is 179. The molecule has 0 spiro atoms. The fourth-order valence-corrected chi connectivity index (χ4v) is 2.01. The van der Waals surface area contributed by atoms with Crippen LogP contribution in [0.2, 0.25) is 0 Å². The zero-order valence-corrected chi connectivity index (χ0v) is 9.47. The quantitative estimate of drug-likeness (QED) is 0.699. The van der Waals surface area contributed by atoms with E-state index in [-0.39, 0.29) is 11.9 Å². The molecule has 1 saturated carbocycles. The zero-order chi connectivity index (χ0) is 10.6. The molecule has 1 atom stereocenters. The van der Waals surface area contributed by atoms with Gasteiger partial charge in [-0.1, -0.05) is 13.8 Å². The Morgan fingerprint density at radius 1 is 1.50 bits per heavy atom. The number of carbonyl (C=O) groups is 1. The molecule has 2 N–H and O–H groups in total. The third kappa shape index (κ3) is 3.66. The van der Waals surface area contributed by atoms with E-state index in [0.717, 1.165) is 25.3 Å². The van der Waals surface area contributed by atoms with Crippen molar-refractivity contribution in [1.82, 2.24) is 10.6 Å². The molecule has 0 aliphatic heterocycles. The molecule has 1 rings (SSSR count). The van der Waals surface area contributed by atoms with Crippen LogP contribution >= 0.6 is 0 Å². The Balaban J connectivity index is 2.09. The molecule has 3 heteroatoms.